The van der Waals surface area contributed by atoms with Crippen molar-refractivity contribution in [3.8, 4) is 0 Å². The summed E-state index contributed by atoms with van der Waals surface area (Å²) in [7, 11) is 0. The third kappa shape index (κ3) is 2.35. The number of rotatable bonds is 4. The zero-order chi connectivity index (χ0) is 10.6. The van der Waals surface area contributed by atoms with Crippen molar-refractivity contribution in [2.45, 2.75) is 12.0 Å². The molecule has 0 amide bonds. The van der Waals surface area contributed by atoms with E-state index in [-0.39, 0.29) is 6.54 Å². The first-order valence-corrected chi connectivity index (χ1v) is 4.79. The molecular weight excluding hydrogens is 198 g/mol. The molecule has 0 bridgehead atoms. The molecule has 2 nitrogen and oxygen atoms in total. The molecule has 0 aromatic heterocycles. The number of halogens is 1. The zero-order valence-electron chi connectivity index (χ0n) is 7.91. The molecule has 1 atom stereocenters. The van der Waals surface area contributed by atoms with Gasteiger partial charge >= 0.3 is 0 Å². The maximum atomic E-state index is 10.1. The van der Waals surface area contributed by atoms with Crippen LogP contribution in [0.25, 0.3) is 0 Å². The van der Waals surface area contributed by atoms with Crippen LogP contribution in [0.1, 0.15) is 12.0 Å². The highest BCUT2D eigenvalue weighted by molar-refractivity contribution is 6.30. The minimum Gasteiger partial charge on any atom is -0.384 e. The summed E-state index contributed by atoms with van der Waals surface area (Å²) in [5.41, 5.74) is 5.28. The highest BCUT2D eigenvalue weighted by atomic mass is 35.5. The van der Waals surface area contributed by atoms with Crippen molar-refractivity contribution in [3.63, 3.8) is 0 Å². The summed E-state index contributed by atoms with van der Waals surface area (Å²) in [4.78, 5) is 0. The van der Waals surface area contributed by atoms with E-state index < -0.39 is 5.60 Å². The van der Waals surface area contributed by atoms with Crippen LogP contribution in [0.4, 0.5) is 0 Å². The van der Waals surface area contributed by atoms with Gasteiger partial charge in [0, 0.05) is 11.6 Å². The van der Waals surface area contributed by atoms with Crippen molar-refractivity contribution in [3.05, 3.63) is 47.5 Å². The third-order valence-electron chi connectivity index (χ3n) is 2.20. The van der Waals surface area contributed by atoms with E-state index in [2.05, 4.69) is 6.58 Å². The standard InChI is InChI=1S/C11H14ClNO/c1-2-7-11(14,8-13)9-3-5-10(12)6-4-9/h2-6,14H,1,7-8,13H2. The number of hydrogen-bond donors (Lipinski definition) is 2. The van der Waals surface area contributed by atoms with Crippen molar-refractivity contribution in [2.75, 3.05) is 6.54 Å². The maximum absolute atomic E-state index is 10.1. The lowest BCUT2D eigenvalue weighted by atomic mass is 9.91. The molecule has 1 aromatic rings. The number of benzene rings is 1. The molecule has 14 heavy (non-hydrogen) atoms. The predicted molar refractivity (Wildman–Crippen MR) is 59.2 cm³/mol. The first-order chi connectivity index (χ1) is 6.62. The second kappa shape index (κ2) is 4.60. The highest BCUT2D eigenvalue weighted by Crippen LogP contribution is 2.25. The topological polar surface area (TPSA) is 46.2 Å². The third-order valence-corrected chi connectivity index (χ3v) is 2.45. The molecule has 3 heteroatoms. The van der Waals surface area contributed by atoms with Gasteiger partial charge in [0.1, 0.15) is 5.60 Å². The first-order valence-electron chi connectivity index (χ1n) is 4.42. The van der Waals surface area contributed by atoms with Crippen LogP contribution in [0.2, 0.25) is 5.02 Å². The van der Waals surface area contributed by atoms with E-state index in [4.69, 9.17) is 17.3 Å². The van der Waals surface area contributed by atoms with Crippen LogP contribution in [0, 0.1) is 0 Å². The lowest BCUT2D eigenvalue weighted by Crippen LogP contribution is -2.34. The molecule has 0 saturated heterocycles. The van der Waals surface area contributed by atoms with E-state index in [1.807, 2.05) is 0 Å². The Balaban J connectivity index is 2.99. The molecule has 0 aliphatic carbocycles. The van der Waals surface area contributed by atoms with E-state index in [1.165, 1.54) is 0 Å². The Labute approximate surface area is 89.0 Å². The zero-order valence-corrected chi connectivity index (χ0v) is 8.67. The van der Waals surface area contributed by atoms with Crippen LogP contribution in [0.5, 0.6) is 0 Å². The summed E-state index contributed by atoms with van der Waals surface area (Å²) < 4.78 is 0. The normalized spacial score (nSPS) is 14.8. The fraction of sp³-hybridized carbons (Fsp3) is 0.273. The van der Waals surface area contributed by atoms with Gasteiger partial charge in [-0.05, 0) is 24.1 Å². The number of aliphatic hydroxyl groups is 1. The second-order valence-electron chi connectivity index (χ2n) is 3.24. The second-order valence-corrected chi connectivity index (χ2v) is 3.67. The summed E-state index contributed by atoms with van der Waals surface area (Å²) in [6, 6.07) is 7.03. The van der Waals surface area contributed by atoms with E-state index >= 15 is 0 Å². The minimum absolute atomic E-state index is 0.167. The minimum atomic E-state index is -1.02. The average molecular weight is 212 g/mol. The van der Waals surface area contributed by atoms with Crippen LogP contribution >= 0.6 is 11.6 Å². The van der Waals surface area contributed by atoms with Gasteiger partial charge in [-0.1, -0.05) is 29.8 Å². The van der Waals surface area contributed by atoms with Crippen LogP contribution in [-0.4, -0.2) is 11.7 Å². The molecule has 3 N–H and O–H groups in total. The van der Waals surface area contributed by atoms with Crippen molar-refractivity contribution in [1.82, 2.24) is 0 Å². The lowest BCUT2D eigenvalue weighted by molar-refractivity contribution is 0.0492. The molecule has 0 saturated carbocycles. The van der Waals surface area contributed by atoms with E-state index in [0.717, 1.165) is 5.56 Å². The van der Waals surface area contributed by atoms with Gasteiger partial charge in [0.05, 0.1) is 0 Å². The molecule has 0 fully saturated rings. The monoisotopic (exact) mass is 211 g/mol. The Morgan fingerprint density at radius 3 is 2.43 bits per heavy atom. The average Bonchev–Trinajstić information content (AvgIpc) is 2.19. The molecule has 0 spiro atoms. The van der Waals surface area contributed by atoms with Gasteiger partial charge in [-0.2, -0.15) is 0 Å². The van der Waals surface area contributed by atoms with Gasteiger partial charge in [-0.3, -0.25) is 0 Å². The van der Waals surface area contributed by atoms with Crippen molar-refractivity contribution in [1.29, 1.82) is 0 Å². The molecule has 1 rings (SSSR count). The Bertz CT molecular complexity index is 310. The fourth-order valence-electron chi connectivity index (χ4n) is 1.32. The Morgan fingerprint density at radius 2 is 2.00 bits per heavy atom. The Hall–Kier alpha value is -0.830. The van der Waals surface area contributed by atoms with Gasteiger partial charge in [0.15, 0.2) is 0 Å². The summed E-state index contributed by atoms with van der Waals surface area (Å²) >= 11 is 5.75. The fourth-order valence-corrected chi connectivity index (χ4v) is 1.44. The number of nitrogens with two attached hydrogens (primary N) is 1. The molecule has 0 aliphatic heterocycles. The molecular formula is C11H14ClNO. The van der Waals surface area contributed by atoms with Gasteiger partial charge in [-0.25, -0.2) is 0 Å². The van der Waals surface area contributed by atoms with Crippen LogP contribution in [-0.2, 0) is 5.60 Å². The molecule has 1 unspecified atom stereocenters. The quantitative estimate of drug-likeness (QED) is 0.749. The van der Waals surface area contributed by atoms with Crippen molar-refractivity contribution >= 4 is 11.6 Å². The highest BCUT2D eigenvalue weighted by Gasteiger charge is 2.25. The van der Waals surface area contributed by atoms with Gasteiger partial charge < -0.3 is 10.8 Å². The molecule has 0 heterocycles. The molecule has 76 valence electrons. The van der Waals surface area contributed by atoms with Crippen LogP contribution in [0.3, 0.4) is 0 Å². The van der Waals surface area contributed by atoms with Gasteiger partial charge in [-0.15, -0.1) is 6.58 Å². The molecule has 0 aliphatic rings. The van der Waals surface area contributed by atoms with E-state index in [1.54, 1.807) is 30.3 Å². The number of hydrogen-bond acceptors (Lipinski definition) is 2. The summed E-state index contributed by atoms with van der Waals surface area (Å²) in [6.45, 7) is 3.76. The van der Waals surface area contributed by atoms with Crippen molar-refractivity contribution in [2.24, 2.45) is 5.73 Å². The maximum Gasteiger partial charge on any atom is 0.105 e. The lowest BCUT2D eigenvalue weighted by Gasteiger charge is -2.25. The van der Waals surface area contributed by atoms with E-state index in [9.17, 15) is 5.11 Å². The SMILES string of the molecule is C=CCC(O)(CN)c1ccc(Cl)cc1. The van der Waals surface area contributed by atoms with Crippen molar-refractivity contribution < 1.29 is 5.11 Å². The largest absolute Gasteiger partial charge is 0.384 e. The molecule has 0 radical (unpaired) electrons. The van der Waals surface area contributed by atoms with E-state index in [0.29, 0.717) is 11.4 Å². The van der Waals surface area contributed by atoms with Gasteiger partial charge in [0.25, 0.3) is 0 Å². The molecule has 1 aromatic carbocycles. The first kappa shape index (κ1) is 11.2. The Kier molecular flexibility index (Phi) is 3.69. The summed E-state index contributed by atoms with van der Waals surface area (Å²) in [6.07, 6.45) is 2.09. The van der Waals surface area contributed by atoms with Crippen LogP contribution in [0.15, 0.2) is 36.9 Å². The summed E-state index contributed by atoms with van der Waals surface area (Å²) in [5, 5.41) is 10.8. The van der Waals surface area contributed by atoms with Crippen LogP contribution < -0.4 is 5.73 Å². The summed E-state index contributed by atoms with van der Waals surface area (Å²) in [5.74, 6) is 0. The van der Waals surface area contributed by atoms with Gasteiger partial charge in [0.2, 0.25) is 0 Å². The smallest absolute Gasteiger partial charge is 0.105 e. The Morgan fingerprint density at radius 1 is 1.43 bits per heavy atom. The predicted octanol–water partition coefficient (Wildman–Crippen LogP) is 2.06.